The van der Waals surface area contributed by atoms with E-state index in [9.17, 15) is 18.3 Å². The Bertz CT molecular complexity index is 1500. The highest BCUT2D eigenvalue weighted by molar-refractivity contribution is 7.89. The second kappa shape index (κ2) is 12.5. The Morgan fingerprint density at radius 3 is 2.52 bits per heavy atom. The van der Waals surface area contributed by atoms with Crippen molar-refractivity contribution in [3.8, 4) is 23.3 Å². The molecule has 0 spiro atoms. The van der Waals surface area contributed by atoms with Gasteiger partial charge in [-0.1, -0.05) is 24.8 Å². The Kier molecular flexibility index (Phi) is 9.10. The van der Waals surface area contributed by atoms with E-state index < -0.39 is 22.2 Å². The van der Waals surface area contributed by atoms with Crippen molar-refractivity contribution in [2.45, 2.75) is 30.9 Å². The zero-order valence-corrected chi connectivity index (χ0v) is 23.8. The minimum absolute atomic E-state index is 0.0154. The summed E-state index contributed by atoms with van der Waals surface area (Å²) in [5, 5.41) is 9.86. The monoisotopic (exact) mass is 563 g/mol. The van der Waals surface area contributed by atoms with E-state index in [4.69, 9.17) is 9.47 Å². The van der Waals surface area contributed by atoms with Gasteiger partial charge in [0.2, 0.25) is 10.0 Å². The molecule has 0 radical (unpaired) electrons. The van der Waals surface area contributed by atoms with E-state index in [0.717, 1.165) is 11.3 Å². The minimum Gasteiger partial charge on any atom is -0.497 e. The molecule has 2 heterocycles. The fraction of sp³-hybridized carbons (Fsp3) is 0.333. The number of hydrogen-bond acceptors (Lipinski definition) is 7. The van der Waals surface area contributed by atoms with Crippen LogP contribution in [-0.4, -0.2) is 79.6 Å². The Balaban J connectivity index is 1.70. The molecular weight excluding hydrogens is 530 g/mol. The fourth-order valence-electron chi connectivity index (χ4n) is 4.38. The molecule has 2 aromatic carbocycles. The lowest BCUT2D eigenvalue weighted by molar-refractivity contribution is 0.0559. The lowest BCUT2D eigenvalue weighted by atomic mass is 10.0. The lowest BCUT2D eigenvalue weighted by Crippen LogP contribution is -2.50. The highest BCUT2D eigenvalue weighted by Crippen LogP contribution is 2.34. The van der Waals surface area contributed by atoms with E-state index in [-0.39, 0.29) is 42.2 Å². The number of ether oxygens (including phenoxy) is 2. The normalized spacial score (nSPS) is 19.0. The molecule has 3 aromatic rings. The van der Waals surface area contributed by atoms with Crippen molar-refractivity contribution in [2.24, 2.45) is 5.92 Å². The van der Waals surface area contributed by atoms with Crippen LogP contribution < -0.4 is 9.47 Å². The van der Waals surface area contributed by atoms with Gasteiger partial charge in [0, 0.05) is 42.9 Å². The maximum absolute atomic E-state index is 13.7. The third-order valence-corrected chi connectivity index (χ3v) is 8.81. The SMILES string of the molecule is COc1ccc(C#Cc2ccc3c(c2)O[C@H](CN(C)C(=O)c2ccccn2)[C@H](C)CN([C@@H](C)CO)S3(=O)=O)cc1. The molecule has 0 aliphatic carbocycles. The maximum atomic E-state index is 13.7. The number of methoxy groups -OCH3 is 1. The topological polar surface area (TPSA) is 109 Å². The number of carbonyl (C=O) groups excluding carboxylic acids is 1. The number of carbonyl (C=O) groups is 1. The van der Waals surface area contributed by atoms with E-state index >= 15 is 0 Å². The van der Waals surface area contributed by atoms with Crippen molar-refractivity contribution in [2.75, 3.05) is 33.9 Å². The number of aliphatic hydroxyl groups is 1. The van der Waals surface area contributed by atoms with Crippen LogP contribution in [0.3, 0.4) is 0 Å². The molecule has 210 valence electrons. The van der Waals surface area contributed by atoms with Gasteiger partial charge in [-0.3, -0.25) is 9.78 Å². The number of aromatic nitrogens is 1. The molecule has 1 amide bonds. The molecule has 1 aromatic heterocycles. The van der Waals surface area contributed by atoms with Crippen molar-refractivity contribution >= 4 is 15.9 Å². The highest BCUT2D eigenvalue weighted by Gasteiger charge is 2.38. The number of amides is 1. The van der Waals surface area contributed by atoms with Crippen LogP contribution in [0.2, 0.25) is 0 Å². The molecular formula is C30H33N3O6S. The Hall–Kier alpha value is -3.91. The van der Waals surface area contributed by atoms with Crippen LogP contribution in [0.1, 0.15) is 35.5 Å². The molecule has 0 saturated heterocycles. The van der Waals surface area contributed by atoms with Crippen LogP contribution in [0.5, 0.6) is 11.5 Å². The molecule has 4 rings (SSSR count). The van der Waals surface area contributed by atoms with Gasteiger partial charge in [-0.25, -0.2) is 8.42 Å². The van der Waals surface area contributed by atoms with Crippen molar-refractivity contribution in [3.05, 3.63) is 83.7 Å². The van der Waals surface area contributed by atoms with Gasteiger partial charge in [0.1, 0.15) is 28.2 Å². The molecule has 0 bridgehead atoms. The Morgan fingerprint density at radius 2 is 1.88 bits per heavy atom. The van der Waals surface area contributed by atoms with Gasteiger partial charge < -0.3 is 19.5 Å². The molecule has 1 N–H and O–H groups in total. The first-order chi connectivity index (χ1) is 19.1. The van der Waals surface area contributed by atoms with Crippen LogP contribution in [0, 0.1) is 17.8 Å². The van der Waals surface area contributed by atoms with Crippen molar-refractivity contribution in [1.29, 1.82) is 0 Å². The summed E-state index contributed by atoms with van der Waals surface area (Å²) in [6.45, 7) is 3.50. The van der Waals surface area contributed by atoms with E-state index in [2.05, 4.69) is 16.8 Å². The molecule has 10 heteroatoms. The van der Waals surface area contributed by atoms with Gasteiger partial charge in [0.25, 0.3) is 5.91 Å². The summed E-state index contributed by atoms with van der Waals surface area (Å²) in [5.74, 6) is 6.43. The predicted octanol–water partition coefficient (Wildman–Crippen LogP) is 3.03. The van der Waals surface area contributed by atoms with Gasteiger partial charge in [0.15, 0.2) is 0 Å². The third kappa shape index (κ3) is 6.45. The van der Waals surface area contributed by atoms with Gasteiger partial charge >= 0.3 is 0 Å². The number of sulfonamides is 1. The van der Waals surface area contributed by atoms with Crippen molar-refractivity contribution in [3.63, 3.8) is 0 Å². The summed E-state index contributed by atoms with van der Waals surface area (Å²) in [7, 11) is -0.740. The third-order valence-electron chi connectivity index (χ3n) is 6.79. The number of nitrogens with zero attached hydrogens (tertiary/aromatic N) is 3. The van der Waals surface area contributed by atoms with Crippen LogP contribution in [0.15, 0.2) is 71.8 Å². The maximum Gasteiger partial charge on any atom is 0.272 e. The lowest BCUT2D eigenvalue weighted by Gasteiger charge is -2.37. The van der Waals surface area contributed by atoms with Gasteiger partial charge in [0.05, 0.1) is 20.3 Å². The molecule has 9 nitrogen and oxygen atoms in total. The number of pyridine rings is 1. The quantitative estimate of drug-likeness (QED) is 0.459. The number of aliphatic hydroxyl groups excluding tert-OH is 1. The van der Waals surface area contributed by atoms with Crippen molar-refractivity contribution in [1.82, 2.24) is 14.2 Å². The molecule has 3 atom stereocenters. The largest absolute Gasteiger partial charge is 0.497 e. The van der Waals surface area contributed by atoms with Crippen LogP contribution in [0.4, 0.5) is 0 Å². The first-order valence-corrected chi connectivity index (χ1v) is 14.3. The average Bonchev–Trinajstić information content (AvgIpc) is 2.97. The summed E-state index contributed by atoms with van der Waals surface area (Å²) in [4.78, 5) is 18.7. The highest BCUT2D eigenvalue weighted by atomic mass is 32.2. The standard InChI is InChI=1S/C30H33N3O6S/c1-21-18-33(22(2)20-34)40(36,37)29-15-12-24(9-8-23-10-13-25(38-4)14-11-23)17-27(29)39-28(21)19-32(3)30(35)26-7-5-6-16-31-26/h5-7,10-17,21-22,28,34H,18-20H2,1-4H3/t21-,22+,28-/m1/s1. The number of benzene rings is 2. The van der Waals surface area contributed by atoms with Crippen LogP contribution in [0.25, 0.3) is 0 Å². The smallest absolute Gasteiger partial charge is 0.272 e. The van der Waals surface area contributed by atoms with E-state index in [0.29, 0.717) is 11.3 Å². The Morgan fingerprint density at radius 1 is 1.18 bits per heavy atom. The number of fused-ring (bicyclic) bond motifs is 1. The second-order valence-electron chi connectivity index (χ2n) is 9.78. The van der Waals surface area contributed by atoms with E-state index in [1.165, 1.54) is 15.3 Å². The predicted molar refractivity (Wildman–Crippen MR) is 151 cm³/mol. The zero-order valence-electron chi connectivity index (χ0n) is 22.9. The molecule has 0 unspecified atom stereocenters. The number of likely N-dealkylation sites (N-methyl/N-ethyl adjacent to an activating group) is 1. The summed E-state index contributed by atoms with van der Waals surface area (Å²) in [6, 6.07) is 16.5. The average molecular weight is 564 g/mol. The number of rotatable bonds is 6. The van der Waals surface area contributed by atoms with E-state index in [1.54, 1.807) is 57.6 Å². The summed E-state index contributed by atoms with van der Waals surface area (Å²) >= 11 is 0. The molecule has 0 fully saturated rings. The van der Waals surface area contributed by atoms with E-state index in [1.807, 2.05) is 31.2 Å². The Labute approximate surface area is 235 Å². The first kappa shape index (κ1) is 29.1. The molecule has 40 heavy (non-hydrogen) atoms. The summed E-state index contributed by atoms with van der Waals surface area (Å²) < 4.78 is 40.3. The first-order valence-electron chi connectivity index (χ1n) is 12.9. The summed E-state index contributed by atoms with van der Waals surface area (Å²) in [6.07, 6.45) is 1.00. The zero-order chi connectivity index (χ0) is 28.9. The van der Waals surface area contributed by atoms with Crippen LogP contribution >= 0.6 is 0 Å². The van der Waals surface area contributed by atoms with Gasteiger partial charge in [-0.2, -0.15) is 4.31 Å². The van der Waals surface area contributed by atoms with Gasteiger partial charge in [-0.15, -0.1) is 0 Å². The number of hydrogen-bond donors (Lipinski definition) is 1. The fourth-order valence-corrected chi connectivity index (χ4v) is 6.20. The van der Waals surface area contributed by atoms with Crippen molar-refractivity contribution < 1.29 is 27.8 Å². The van der Waals surface area contributed by atoms with Gasteiger partial charge in [-0.05, 0) is 61.5 Å². The minimum atomic E-state index is -3.99. The second-order valence-corrected chi connectivity index (χ2v) is 11.6. The molecule has 0 saturated carbocycles. The van der Waals surface area contributed by atoms with Crippen LogP contribution in [-0.2, 0) is 10.0 Å². The molecule has 1 aliphatic heterocycles. The summed E-state index contributed by atoms with van der Waals surface area (Å²) in [5.41, 5.74) is 1.64. The molecule has 1 aliphatic rings.